The van der Waals surface area contributed by atoms with Crippen molar-refractivity contribution in [1.82, 2.24) is 20.8 Å². The second-order valence-electron chi connectivity index (χ2n) is 5.94. The normalized spacial score (nSPS) is 22.4. The van der Waals surface area contributed by atoms with Crippen molar-refractivity contribution in [3.63, 3.8) is 0 Å². The second-order valence-corrected chi connectivity index (χ2v) is 5.94. The zero-order valence-corrected chi connectivity index (χ0v) is 13.5. The van der Waals surface area contributed by atoms with Crippen molar-refractivity contribution >= 4 is 11.8 Å². The standard InChI is InChI=1S/C15H24N4O4/c1-3-11(8-20)16-13(21)10-4-6-12(7-5-10)17-14(22)15-19-18-9(2)23-15/h10-12,20H,3-8H2,1-2H3,(H,16,21)(H,17,22)/t10?,11-,12?/m0/s1. The Morgan fingerprint density at radius 1 is 1.30 bits per heavy atom. The predicted octanol–water partition coefficient (Wildman–Crippen LogP) is 0.554. The van der Waals surface area contributed by atoms with Crippen molar-refractivity contribution in [2.45, 2.75) is 58.0 Å². The Morgan fingerprint density at radius 2 is 2.00 bits per heavy atom. The molecule has 1 aliphatic rings. The van der Waals surface area contributed by atoms with Crippen LogP contribution in [0.4, 0.5) is 0 Å². The fourth-order valence-corrected chi connectivity index (χ4v) is 2.73. The Balaban J connectivity index is 1.77. The predicted molar refractivity (Wildman–Crippen MR) is 81.6 cm³/mol. The maximum absolute atomic E-state index is 12.1. The van der Waals surface area contributed by atoms with E-state index in [2.05, 4.69) is 20.8 Å². The Kier molecular flexibility index (Phi) is 6.09. The molecule has 0 unspecified atom stereocenters. The molecule has 2 rings (SSSR count). The van der Waals surface area contributed by atoms with Gasteiger partial charge in [-0.15, -0.1) is 10.2 Å². The van der Waals surface area contributed by atoms with Crippen LogP contribution in [0.15, 0.2) is 4.42 Å². The first-order valence-electron chi connectivity index (χ1n) is 8.05. The summed E-state index contributed by atoms with van der Waals surface area (Å²) in [4.78, 5) is 24.1. The molecule has 1 aromatic heterocycles. The molecule has 23 heavy (non-hydrogen) atoms. The average Bonchev–Trinajstić information content (AvgIpc) is 2.99. The number of nitrogens with one attached hydrogen (secondary N) is 2. The molecular weight excluding hydrogens is 300 g/mol. The first-order valence-corrected chi connectivity index (χ1v) is 8.05. The highest BCUT2D eigenvalue weighted by Gasteiger charge is 2.28. The van der Waals surface area contributed by atoms with Crippen molar-refractivity contribution in [3.8, 4) is 0 Å². The lowest BCUT2D eigenvalue weighted by molar-refractivity contribution is -0.127. The number of amides is 2. The number of rotatable bonds is 6. The van der Waals surface area contributed by atoms with Gasteiger partial charge in [0.25, 0.3) is 0 Å². The van der Waals surface area contributed by atoms with E-state index in [1.54, 1.807) is 6.92 Å². The smallest absolute Gasteiger partial charge is 0.309 e. The molecule has 1 aromatic rings. The van der Waals surface area contributed by atoms with Crippen molar-refractivity contribution in [3.05, 3.63) is 11.8 Å². The third kappa shape index (κ3) is 4.75. The molecule has 0 aromatic carbocycles. The summed E-state index contributed by atoms with van der Waals surface area (Å²) in [7, 11) is 0. The zero-order valence-electron chi connectivity index (χ0n) is 13.5. The number of aryl methyl sites for hydroxylation is 1. The summed E-state index contributed by atoms with van der Waals surface area (Å²) in [5.74, 6) is -0.122. The van der Waals surface area contributed by atoms with Crippen LogP contribution in [0.25, 0.3) is 0 Å². The summed E-state index contributed by atoms with van der Waals surface area (Å²) in [5, 5.41) is 22.2. The molecule has 1 saturated carbocycles. The number of hydrogen-bond donors (Lipinski definition) is 3. The maximum Gasteiger partial charge on any atom is 0.309 e. The van der Waals surface area contributed by atoms with Gasteiger partial charge in [-0.1, -0.05) is 6.92 Å². The van der Waals surface area contributed by atoms with Gasteiger partial charge < -0.3 is 20.2 Å². The highest BCUT2D eigenvalue weighted by atomic mass is 16.4. The van der Waals surface area contributed by atoms with E-state index in [9.17, 15) is 9.59 Å². The minimum atomic E-state index is -0.371. The second kappa shape index (κ2) is 8.05. The van der Waals surface area contributed by atoms with Crippen LogP contribution in [0.2, 0.25) is 0 Å². The van der Waals surface area contributed by atoms with E-state index in [4.69, 9.17) is 9.52 Å². The van der Waals surface area contributed by atoms with Crippen LogP contribution in [0.5, 0.6) is 0 Å². The lowest BCUT2D eigenvalue weighted by Gasteiger charge is -2.29. The number of aliphatic hydroxyl groups is 1. The number of hydrogen-bond acceptors (Lipinski definition) is 6. The Bertz CT molecular complexity index is 533. The average molecular weight is 324 g/mol. The van der Waals surface area contributed by atoms with Gasteiger partial charge in [0, 0.05) is 18.9 Å². The molecule has 0 aliphatic heterocycles. The monoisotopic (exact) mass is 324 g/mol. The van der Waals surface area contributed by atoms with Gasteiger partial charge in [0.15, 0.2) is 0 Å². The molecule has 0 bridgehead atoms. The molecule has 0 spiro atoms. The number of nitrogens with zero attached hydrogens (tertiary/aromatic N) is 2. The van der Waals surface area contributed by atoms with Crippen LogP contribution < -0.4 is 10.6 Å². The molecular formula is C15H24N4O4. The van der Waals surface area contributed by atoms with Crippen LogP contribution in [0, 0.1) is 12.8 Å². The maximum atomic E-state index is 12.1. The molecule has 0 radical (unpaired) electrons. The largest absolute Gasteiger partial charge is 0.417 e. The van der Waals surface area contributed by atoms with E-state index in [1.807, 2.05) is 6.92 Å². The topological polar surface area (TPSA) is 117 Å². The van der Waals surface area contributed by atoms with E-state index in [1.165, 1.54) is 0 Å². The van der Waals surface area contributed by atoms with Gasteiger partial charge in [-0.05, 0) is 32.1 Å². The number of carbonyl (C=O) groups is 2. The quantitative estimate of drug-likeness (QED) is 0.703. The third-order valence-electron chi connectivity index (χ3n) is 4.21. The highest BCUT2D eigenvalue weighted by Crippen LogP contribution is 2.25. The molecule has 1 fully saturated rings. The lowest BCUT2D eigenvalue weighted by atomic mass is 9.85. The molecule has 2 amide bonds. The van der Waals surface area contributed by atoms with E-state index in [0.717, 1.165) is 12.8 Å². The van der Waals surface area contributed by atoms with Crippen molar-refractivity contribution < 1.29 is 19.1 Å². The van der Waals surface area contributed by atoms with Gasteiger partial charge in [-0.25, -0.2) is 0 Å². The molecule has 1 aliphatic carbocycles. The van der Waals surface area contributed by atoms with E-state index in [0.29, 0.717) is 25.2 Å². The number of aliphatic hydroxyl groups excluding tert-OH is 1. The zero-order chi connectivity index (χ0) is 16.8. The Morgan fingerprint density at radius 3 is 2.52 bits per heavy atom. The van der Waals surface area contributed by atoms with Gasteiger partial charge in [0.05, 0.1) is 12.6 Å². The SMILES string of the molecule is CC[C@@H](CO)NC(=O)C1CCC(NC(=O)c2nnc(C)o2)CC1. The van der Waals surface area contributed by atoms with E-state index in [-0.39, 0.29) is 42.3 Å². The van der Waals surface area contributed by atoms with Crippen LogP contribution >= 0.6 is 0 Å². The van der Waals surface area contributed by atoms with Gasteiger partial charge in [0.1, 0.15) is 0 Å². The molecule has 8 nitrogen and oxygen atoms in total. The summed E-state index contributed by atoms with van der Waals surface area (Å²) < 4.78 is 5.09. The summed E-state index contributed by atoms with van der Waals surface area (Å²) in [5.41, 5.74) is 0. The molecule has 3 N–H and O–H groups in total. The van der Waals surface area contributed by atoms with Crippen LogP contribution in [-0.2, 0) is 4.79 Å². The van der Waals surface area contributed by atoms with Gasteiger partial charge in [-0.2, -0.15) is 0 Å². The summed E-state index contributed by atoms with van der Waals surface area (Å²) >= 11 is 0. The van der Waals surface area contributed by atoms with Crippen LogP contribution in [0.1, 0.15) is 55.6 Å². The van der Waals surface area contributed by atoms with Gasteiger partial charge in [-0.3, -0.25) is 9.59 Å². The summed E-state index contributed by atoms with van der Waals surface area (Å²) in [6.45, 7) is 3.51. The van der Waals surface area contributed by atoms with Crippen molar-refractivity contribution in [2.75, 3.05) is 6.61 Å². The lowest BCUT2D eigenvalue weighted by Crippen LogP contribution is -2.44. The van der Waals surface area contributed by atoms with Crippen molar-refractivity contribution in [1.29, 1.82) is 0 Å². The minimum Gasteiger partial charge on any atom is -0.417 e. The fraction of sp³-hybridized carbons (Fsp3) is 0.733. The number of carbonyl (C=O) groups excluding carboxylic acids is 2. The Hall–Kier alpha value is -1.96. The first-order chi connectivity index (χ1) is 11.0. The molecule has 128 valence electrons. The van der Waals surface area contributed by atoms with E-state index < -0.39 is 0 Å². The molecule has 0 saturated heterocycles. The number of aromatic nitrogens is 2. The molecule has 1 atom stereocenters. The summed E-state index contributed by atoms with van der Waals surface area (Å²) in [6.07, 6.45) is 3.58. The Labute approximate surface area is 135 Å². The van der Waals surface area contributed by atoms with Crippen molar-refractivity contribution in [2.24, 2.45) is 5.92 Å². The fourth-order valence-electron chi connectivity index (χ4n) is 2.73. The van der Waals surface area contributed by atoms with Crippen LogP contribution in [0.3, 0.4) is 0 Å². The first kappa shape index (κ1) is 17.4. The summed E-state index contributed by atoms with van der Waals surface area (Å²) in [6, 6.07) is -0.167. The van der Waals surface area contributed by atoms with Gasteiger partial charge >= 0.3 is 11.8 Å². The van der Waals surface area contributed by atoms with E-state index >= 15 is 0 Å². The third-order valence-corrected chi connectivity index (χ3v) is 4.21. The minimum absolute atomic E-state index is 0.0109. The molecule has 8 heteroatoms. The highest BCUT2D eigenvalue weighted by molar-refractivity contribution is 5.89. The van der Waals surface area contributed by atoms with Gasteiger partial charge in [0.2, 0.25) is 11.8 Å². The van der Waals surface area contributed by atoms with Crippen LogP contribution in [-0.4, -0.2) is 45.8 Å². The molecule has 1 heterocycles.